The molecular formula is C22H28ClNO3. The van der Waals surface area contributed by atoms with E-state index in [1.165, 1.54) is 0 Å². The van der Waals surface area contributed by atoms with Crippen LogP contribution in [-0.4, -0.2) is 46.3 Å². The molecule has 2 bridgehead atoms. The quantitative estimate of drug-likeness (QED) is 0.580. The molecule has 1 unspecified atom stereocenters. The van der Waals surface area contributed by atoms with Gasteiger partial charge in [0, 0.05) is 24.4 Å². The topological polar surface area (TPSA) is 60.8 Å². The van der Waals surface area contributed by atoms with Gasteiger partial charge in [-0.05, 0) is 62.4 Å². The van der Waals surface area contributed by atoms with Crippen molar-refractivity contribution in [3.8, 4) is 11.8 Å². The van der Waals surface area contributed by atoms with Crippen molar-refractivity contribution in [3.05, 3.63) is 47.5 Å². The molecule has 1 aromatic rings. The largest absolute Gasteiger partial charge is 0.481 e. The average Bonchev–Trinajstić information content (AvgIpc) is 2.62. The van der Waals surface area contributed by atoms with Crippen LogP contribution in [0.1, 0.15) is 42.4 Å². The number of benzene rings is 1. The molecule has 0 spiro atoms. The van der Waals surface area contributed by atoms with Crippen molar-refractivity contribution in [2.24, 2.45) is 5.92 Å². The Morgan fingerprint density at radius 2 is 2.11 bits per heavy atom. The number of fused-ring (bicyclic) bond motifs is 3. The van der Waals surface area contributed by atoms with Crippen LogP contribution in [0.15, 0.2) is 30.9 Å². The first-order valence-electron chi connectivity index (χ1n) is 9.42. The second-order valence-electron chi connectivity index (χ2n) is 7.46. The fraction of sp³-hybridized carbons (Fsp3) is 0.500. The van der Waals surface area contributed by atoms with E-state index >= 15 is 0 Å². The molecule has 0 radical (unpaired) electrons. The fourth-order valence-electron chi connectivity index (χ4n) is 4.05. The summed E-state index contributed by atoms with van der Waals surface area (Å²) in [5.74, 6) is 5.92. The monoisotopic (exact) mass is 389 g/mol. The van der Waals surface area contributed by atoms with Crippen LogP contribution in [0.5, 0.6) is 0 Å². The predicted octanol–water partition coefficient (Wildman–Crippen LogP) is 3.05. The number of aryl methyl sites for hydroxylation is 1. The third-order valence-corrected chi connectivity index (χ3v) is 5.53. The molecule has 5 heteroatoms. The Labute approximate surface area is 167 Å². The highest BCUT2D eigenvalue weighted by atomic mass is 35.5. The standard InChI is InChI=1S/C22H27NO3.ClH/c1-2-4-19-15-17(5-3-6-21(24)25)7-8-18(19)9-12-22(26)16-23-13-10-20(22)11-14-23;/h2,7-8,15,20,26H,1,3-6,10-11,13-14,16H2,(H,24,25);1H. The number of hydrogen-bond donors (Lipinski definition) is 2. The highest BCUT2D eigenvalue weighted by molar-refractivity contribution is 5.85. The van der Waals surface area contributed by atoms with Gasteiger partial charge in [0.2, 0.25) is 0 Å². The van der Waals surface area contributed by atoms with Crippen LogP contribution in [-0.2, 0) is 17.6 Å². The lowest BCUT2D eigenvalue weighted by molar-refractivity contribution is -0.137. The minimum Gasteiger partial charge on any atom is -0.481 e. The second-order valence-corrected chi connectivity index (χ2v) is 7.46. The molecule has 27 heavy (non-hydrogen) atoms. The lowest BCUT2D eigenvalue weighted by Crippen LogP contribution is -2.58. The fourth-order valence-corrected chi connectivity index (χ4v) is 4.05. The van der Waals surface area contributed by atoms with E-state index in [1.807, 2.05) is 18.2 Å². The van der Waals surface area contributed by atoms with Crippen molar-refractivity contribution in [3.63, 3.8) is 0 Å². The van der Waals surface area contributed by atoms with E-state index in [9.17, 15) is 9.90 Å². The maximum atomic E-state index is 11.0. The lowest BCUT2D eigenvalue weighted by atomic mass is 9.75. The van der Waals surface area contributed by atoms with E-state index in [0.29, 0.717) is 19.4 Å². The maximum Gasteiger partial charge on any atom is 0.303 e. The molecule has 0 aromatic heterocycles. The molecule has 1 aromatic carbocycles. The van der Waals surface area contributed by atoms with Crippen molar-refractivity contribution in [2.45, 2.75) is 44.1 Å². The molecule has 3 heterocycles. The third kappa shape index (κ3) is 5.35. The van der Waals surface area contributed by atoms with Crippen molar-refractivity contribution < 1.29 is 15.0 Å². The molecule has 3 aliphatic rings. The number of rotatable bonds is 6. The molecule has 3 aliphatic heterocycles. The maximum absolute atomic E-state index is 11.0. The van der Waals surface area contributed by atoms with Gasteiger partial charge in [0.05, 0.1) is 0 Å². The molecule has 0 amide bonds. The van der Waals surface area contributed by atoms with Gasteiger partial charge >= 0.3 is 5.97 Å². The van der Waals surface area contributed by atoms with Crippen LogP contribution in [0.25, 0.3) is 0 Å². The van der Waals surface area contributed by atoms with E-state index in [-0.39, 0.29) is 24.7 Å². The molecule has 3 fully saturated rings. The summed E-state index contributed by atoms with van der Waals surface area (Å²) < 4.78 is 0. The van der Waals surface area contributed by atoms with Gasteiger partial charge in [0.15, 0.2) is 0 Å². The number of aliphatic hydroxyl groups is 1. The number of allylic oxidation sites excluding steroid dienone is 1. The zero-order valence-corrected chi connectivity index (χ0v) is 16.4. The molecule has 146 valence electrons. The molecule has 1 atom stereocenters. The van der Waals surface area contributed by atoms with Gasteiger partial charge in [-0.15, -0.1) is 19.0 Å². The summed E-state index contributed by atoms with van der Waals surface area (Å²) in [6.07, 6.45) is 6.16. The molecular weight excluding hydrogens is 362 g/mol. The summed E-state index contributed by atoms with van der Waals surface area (Å²) in [5.41, 5.74) is 2.24. The van der Waals surface area contributed by atoms with Gasteiger partial charge in [-0.25, -0.2) is 0 Å². The van der Waals surface area contributed by atoms with E-state index in [2.05, 4.69) is 29.4 Å². The number of carbonyl (C=O) groups is 1. The minimum atomic E-state index is -0.901. The number of piperidine rings is 3. The Kier molecular flexibility index (Phi) is 7.49. The van der Waals surface area contributed by atoms with Crippen molar-refractivity contribution in [1.29, 1.82) is 0 Å². The summed E-state index contributed by atoms with van der Waals surface area (Å²) in [6.45, 7) is 6.61. The number of hydrogen-bond acceptors (Lipinski definition) is 3. The summed E-state index contributed by atoms with van der Waals surface area (Å²) in [5, 5.41) is 19.8. The molecule has 0 aliphatic carbocycles. The van der Waals surface area contributed by atoms with Crippen LogP contribution in [0.2, 0.25) is 0 Å². The smallest absolute Gasteiger partial charge is 0.303 e. The van der Waals surface area contributed by atoms with Gasteiger partial charge in [0.25, 0.3) is 0 Å². The van der Waals surface area contributed by atoms with Crippen molar-refractivity contribution >= 4 is 18.4 Å². The van der Waals surface area contributed by atoms with Gasteiger partial charge < -0.3 is 10.2 Å². The van der Waals surface area contributed by atoms with Crippen LogP contribution >= 0.6 is 12.4 Å². The number of aliphatic carboxylic acids is 1. The van der Waals surface area contributed by atoms with Gasteiger partial charge in [-0.3, -0.25) is 9.69 Å². The second kappa shape index (κ2) is 9.41. The summed E-state index contributed by atoms with van der Waals surface area (Å²) in [4.78, 5) is 13.0. The van der Waals surface area contributed by atoms with Crippen LogP contribution < -0.4 is 0 Å². The number of halogens is 1. The van der Waals surface area contributed by atoms with E-state index in [4.69, 9.17) is 5.11 Å². The molecule has 4 rings (SSSR count). The van der Waals surface area contributed by atoms with Crippen LogP contribution in [0.4, 0.5) is 0 Å². The average molecular weight is 390 g/mol. The van der Waals surface area contributed by atoms with Crippen molar-refractivity contribution in [2.75, 3.05) is 19.6 Å². The lowest BCUT2D eigenvalue weighted by Gasteiger charge is -2.47. The Hall–Kier alpha value is -1.80. The third-order valence-electron chi connectivity index (χ3n) is 5.53. The highest BCUT2D eigenvalue weighted by Crippen LogP contribution is 2.35. The number of carboxylic acid groups (broad SMARTS) is 1. The molecule has 4 nitrogen and oxygen atoms in total. The minimum absolute atomic E-state index is 0. The first kappa shape index (κ1) is 21.5. The van der Waals surface area contributed by atoms with Gasteiger partial charge in [-0.2, -0.15) is 0 Å². The Balaban J connectivity index is 0.00000261. The molecule has 2 N–H and O–H groups in total. The summed E-state index contributed by atoms with van der Waals surface area (Å²) in [6, 6.07) is 6.10. The highest BCUT2D eigenvalue weighted by Gasteiger charge is 2.44. The van der Waals surface area contributed by atoms with E-state index in [0.717, 1.165) is 49.0 Å². The van der Waals surface area contributed by atoms with Gasteiger partial charge in [0.1, 0.15) is 5.60 Å². The first-order valence-corrected chi connectivity index (χ1v) is 9.42. The zero-order chi connectivity index (χ0) is 18.6. The SMILES string of the molecule is C=CCc1cc(CCCC(=O)O)ccc1C#CC1(O)CN2CCC1CC2.Cl. The molecule has 0 saturated carbocycles. The predicted molar refractivity (Wildman–Crippen MR) is 109 cm³/mol. The zero-order valence-electron chi connectivity index (χ0n) is 15.6. The van der Waals surface area contributed by atoms with Gasteiger partial charge in [-0.1, -0.05) is 30.0 Å². The normalized spacial score (nSPS) is 25.8. The number of carboxylic acids is 1. The van der Waals surface area contributed by atoms with Crippen molar-refractivity contribution in [1.82, 2.24) is 4.90 Å². The van der Waals surface area contributed by atoms with Crippen LogP contribution in [0, 0.1) is 17.8 Å². The first-order chi connectivity index (χ1) is 12.5. The van der Waals surface area contributed by atoms with Crippen LogP contribution in [0.3, 0.4) is 0 Å². The summed E-state index contributed by atoms with van der Waals surface area (Å²) in [7, 11) is 0. The molecule has 3 saturated heterocycles. The van der Waals surface area contributed by atoms with E-state index in [1.54, 1.807) is 0 Å². The Morgan fingerprint density at radius 1 is 1.37 bits per heavy atom. The van der Waals surface area contributed by atoms with E-state index < -0.39 is 11.6 Å². The Morgan fingerprint density at radius 3 is 2.70 bits per heavy atom. The number of nitrogens with zero attached hydrogens (tertiary/aromatic N) is 1. The summed E-state index contributed by atoms with van der Waals surface area (Å²) >= 11 is 0. The Bertz CT molecular complexity index is 744.